The van der Waals surface area contributed by atoms with Crippen LogP contribution in [0.1, 0.15) is 31.0 Å². The zero-order valence-electron chi connectivity index (χ0n) is 16.5. The molecule has 1 aliphatic rings. The van der Waals surface area contributed by atoms with Crippen molar-refractivity contribution in [2.45, 2.75) is 32.4 Å². The number of ether oxygens (including phenoxy) is 1. The third kappa shape index (κ3) is 3.28. The van der Waals surface area contributed by atoms with Crippen LogP contribution in [0.2, 0.25) is 0 Å². The molecule has 1 atom stereocenters. The summed E-state index contributed by atoms with van der Waals surface area (Å²) in [5.74, 6) is 0. The molecule has 1 N–H and O–H groups in total. The molecule has 1 fully saturated rings. The molecule has 2 aromatic carbocycles. The molecule has 4 rings (SSSR count). The predicted octanol–water partition coefficient (Wildman–Crippen LogP) is 5.12. The van der Waals surface area contributed by atoms with Crippen LogP contribution in [0, 0.1) is 18.3 Å². The van der Waals surface area contributed by atoms with Gasteiger partial charge in [-0.2, -0.15) is 5.26 Å². The number of benzene rings is 2. The Kier molecular flexibility index (Phi) is 4.66. The van der Waals surface area contributed by atoms with Crippen molar-refractivity contribution >= 4 is 28.0 Å². The fraction of sp³-hybridized carbons (Fsp3) is 0.304. The number of aromatic nitrogens is 1. The third-order valence-electron chi connectivity index (χ3n) is 5.54. The zero-order valence-corrected chi connectivity index (χ0v) is 16.5. The molecule has 5 nitrogen and oxygen atoms in total. The number of aryl methyl sites for hydroxylation is 1. The molecular formula is C23H24N4O. The van der Waals surface area contributed by atoms with E-state index in [-0.39, 0.29) is 5.72 Å². The summed E-state index contributed by atoms with van der Waals surface area (Å²) < 4.78 is 5.85. The van der Waals surface area contributed by atoms with Crippen LogP contribution in [0.3, 0.4) is 0 Å². The predicted molar refractivity (Wildman–Crippen MR) is 113 cm³/mol. The molecule has 0 amide bonds. The number of anilines is 3. The number of nitrogens with zero attached hydrogens (tertiary/aromatic N) is 3. The molecule has 142 valence electrons. The van der Waals surface area contributed by atoms with Crippen molar-refractivity contribution in [3.63, 3.8) is 0 Å². The van der Waals surface area contributed by atoms with Crippen LogP contribution in [0.15, 0.2) is 48.5 Å². The van der Waals surface area contributed by atoms with Gasteiger partial charge in [-0.05, 0) is 75.2 Å². The maximum absolute atomic E-state index is 8.94. The first-order chi connectivity index (χ1) is 13.5. The smallest absolute Gasteiger partial charge is 0.137 e. The Morgan fingerprint density at radius 3 is 2.61 bits per heavy atom. The van der Waals surface area contributed by atoms with Gasteiger partial charge in [0.25, 0.3) is 0 Å². The first-order valence-electron chi connectivity index (χ1n) is 9.54. The SMILES string of the molecule is CO[C@@]1(C)CCCN1c1cc(C)nc2cc(Nc3ccc(C#N)cc3)ccc12. The Hall–Kier alpha value is -3.10. The van der Waals surface area contributed by atoms with Gasteiger partial charge < -0.3 is 15.0 Å². The van der Waals surface area contributed by atoms with E-state index < -0.39 is 0 Å². The number of nitrogens with one attached hydrogen (secondary N) is 1. The van der Waals surface area contributed by atoms with E-state index in [0.717, 1.165) is 47.4 Å². The van der Waals surface area contributed by atoms with Crippen molar-refractivity contribution in [2.75, 3.05) is 23.9 Å². The molecule has 5 heteroatoms. The van der Waals surface area contributed by atoms with Crippen molar-refractivity contribution < 1.29 is 4.74 Å². The summed E-state index contributed by atoms with van der Waals surface area (Å²) in [5, 5.41) is 13.5. The van der Waals surface area contributed by atoms with Gasteiger partial charge >= 0.3 is 0 Å². The van der Waals surface area contributed by atoms with Gasteiger partial charge in [-0.25, -0.2) is 0 Å². The second-order valence-corrected chi connectivity index (χ2v) is 7.46. The summed E-state index contributed by atoms with van der Waals surface area (Å²) in [4.78, 5) is 7.12. The van der Waals surface area contributed by atoms with Crippen molar-refractivity contribution in [3.05, 3.63) is 59.8 Å². The number of hydrogen-bond donors (Lipinski definition) is 1. The van der Waals surface area contributed by atoms with E-state index in [1.165, 1.54) is 5.69 Å². The second kappa shape index (κ2) is 7.14. The van der Waals surface area contributed by atoms with Crippen LogP contribution < -0.4 is 10.2 Å². The van der Waals surface area contributed by atoms with Gasteiger partial charge in [0.15, 0.2) is 0 Å². The molecule has 2 heterocycles. The first-order valence-corrected chi connectivity index (χ1v) is 9.54. The molecule has 0 bridgehead atoms. The molecule has 0 saturated carbocycles. The lowest BCUT2D eigenvalue weighted by Crippen LogP contribution is -2.43. The lowest BCUT2D eigenvalue weighted by atomic mass is 10.1. The van der Waals surface area contributed by atoms with E-state index in [1.54, 1.807) is 7.11 Å². The fourth-order valence-corrected chi connectivity index (χ4v) is 3.96. The van der Waals surface area contributed by atoms with Crippen LogP contribution in [0.4, 0.5) is 17.1 Å². The third-order valence-corrected chi connectivity index (χ3v) is 5.54. The highest BCUT2D eigenvalue weighted by molar-refractivity contribution is 5.94. The van der Waals surface area contributed by atoms with Crippen LogP contribution >= 0.6 is 0 Å². The van der Waals surface area contributed by atoms with E-state index in [9.17, 15) is 0 Å². The van der Waals surface area contributed by atoms with Crippen LogP contribution in [-0.4, -0.2) is 24.4 Å². The zero-order chi connectivity index (χ0) is 19.7. The Bertz CT molecular complexity index is 1050. The van der Waals surface area contributed by atoms with E-state index in [4.69, 9.17) is 15.0 Å². The maximum Gasteiger partial charge on any atom is 0.137 e. The first kappa shape index (κ1) is 18.3. The average molecular weight is 372 g/mol. The summed E-state index contributed by atoms with van der Waals surface area (Å²) in [6.45, 7) is 5.17. The minimum Gasteiger partial charge on any atom is -0.359 e. The quantitative estimate of drug-likeness (QED) is 0.689. The van der Waals surface area contributed by atoms with Gasteiger partial charge in [-0.15, -0.1) is 0 Å². The van der Waals surface area contributed by atoms with Crippen molar-refractivity contribution in [3.8, 4) is 6.07 Å². The Morgan fingerprint density at radius 2 is 1.89 bits per heavy atom. The number of methoxy groups -OCH3 is 1. The van der Waals surface area contributed by atoms with E-state index in [0.29, 0.717) is 5.56 Å². The van der Waals surface area contributed by atoms with Crippen molar-refractivity contribution in [2.24, 2.45) is 0 Å². The van der Waals surface area contributed by atoms with Gasteiger partial charge in [-0.3, -0.25) is 4.98 Å². The summed E-state index contributed by atoms with van der Waals surface area (Å²) in [6.07, 6.45) is 2.14. The molecule has 1 aromatic heterocycles. The molecule has 0 aliphatic carbocycles. The lowest BCUT2D eigenvalue weighted by molar-refractivity contribution is 0.0157. The standard InChI is InChI=1S/C23H24N4O/c1-16-13-22(27-12-4-11-23(27,2)28-3)20-10-9-19(14-21(20)25-16)26-18-7-5-17(15-24)6-8-18/h5-10,13-14,26H,4,11-12H2,1-3H3/t23-/m0/s1. The van der Waals surface area contributed by atoms with E-state index in [2.05, 4.69) is 47.5 Å². The Balaban J connectivity index is 1.71. The van der Waals surface area contributed by atoms with Gasteiger partial charge in [0.1, 0.15) is 5.72 Å². The van der Waals surface area contributed by atoms with Crippen LogP contribution in [-0.2, 0) is 4.74 Å². The minimum absolute atomic E-state index is 0.278. The molecule has 0 unspecified atom stereocenters. The minimum atomic E-state index is -0.278. The molecular weight excluding hydrogens is 348 g/mol. The number of rotatable bonds is 4. The Morgan fingerprint density at radius 1 is 1.14 bits per heavy atom. The lowest BCUT2D eigenvalue weighted by Gasteiger charge is -2.36. The molecule has 28 heavy (non-hydrogen) atoms. The molecule has 3 aromatic rings. The highest BCUT2D eigenvalue weighted by Gasteiger charge is 2.37. The number of pyridine rings is 1. The maximum atomic E-state index is 8.94. The topological polar surface area (TPSA) is 61.2 Å². The molecule has 0 radical (unpaired) electrons. The number of fused-ring (bicyclic) bond motifs is 1. The Labute approximate surface area is 165 Å². The number of nitriles is 1. The molecule has 1 aliphatic heterocycles. The highest BCUT2D eigenvalue weighted by atomic mass is 16.5. The van der Waals surface area contributed by atoms with Gasteiger partial charge in [0.05, 0.1) is 22.8 Å². The van der Waals surface area contributed by atoms with E-state index >= 15 is 0 Å². The summed E-state index contributed by atoms with van der Waals surface area (Å²) in [5.41, 5.74) is 5.41. The normalized spacial score (nSPS) is 19.0. The van der Waals surface area contributed by atoms with Gasteiger partial charge in [-0.1, -0.05) is 0 Å². The van der Waals surface area contributed by atoms with Crippen molar-refractivity contribution in [1.29, 1.82) is 5.26 Å². The summed E-state index contributed by atoms with van der Waals surface area (Å²) >= 11 is 0. The largest absolute Gasteiger partial charge is 0.359 e. The van der Waals surface area contributed by atoms with Crippen molar-refractivity contribution in [1.82, 2.24) is 4.98 Å². The fourth-order valence-electron chi connectivity index (χ4n) is 3.96. The van der Waals surface area contributed by atoms with Crippen LogP contribution in [0.25, 0.3) is 10.9 Å². The summed E-state index contributed by atoms with van der Waals surface area (Å²) in [6, 6.07) is 18.0. The molecule has 0 spiro atoms. The summed E-state index contributed by atoms with van der Waals surface area (Å²) in [7, 11) is 1.79. The van der Waals surface area contributed by atoms with Gasteiger partial charge in [0.2, 0.25) is 0 Å². The number of hydrogen-bond acceptors (Lipinski definition) is 5. The molecule has 1 saturated heterocycles. The van der Waals surface area contributed by atoms with E-state index in [1.807, 2.05) is 31.2 Å². The highest BCUT2D eigenvalue weighted by Crippen LogP contribution is 2.39. The van der Waals surface area contributed by atoms with Gasteiger partial charge in [0, 0.05) is 36.1 Å². The monoisotopic (exact) mass is 372 g/mol. The second-order valence-electron chi connectivity index (χ2n) is 7.46. The average Bonchev–Trinajstić information content (AvgIpc) is 3.09. The van der Waals surface area contributed by atoms with Crippen LogP contribution in [0.5, 0.6) is 0 Å².